The zero-order valence-electron chi connectivity index (χ0n) is 12.0. The second-order valence-electron chi connectivity index (χ2n) is 4.98. The first kappa shape index (κ1) is 15.8. The van der Waals surface area contributed by atoms with Gasteiger partial charge in [-0.1, -0.05) is 30.3 Å². The Morgan fingerprint density at radius 1 is 0.952 bits per heavy atom. The third-order valence-electron chi connectivity index (χ3n) is 3.35. The highest BCUT2D eigenvalue weighted by molar-refractivity contribution is 5.80. The molecule has 3 heteroatoms. The van der Waals surface area contributed by atoms with E-state index in [1.54, 1.807) is 0 Å². The topological polar surface area (TPSA) is 13.1 Å². The Morgan fingerprint density at radius 3 is 2.57 bits per heavy atom. The SMILES string of the molecule is Cc1cccc(OCC[n+]2ccc3ccccc3c2)c1.[I-]. The van der Waals surface area contributed by atoms with Crippen molar-refractivity contribution in [2.45, 2.75) is 13.5 Å². The van der Waals surface area contributed by atoms with Crippen molar-refractivity contribution in [1.29, 1.82) is 0 Å². The van der Waals surface area contributed by atoms with Crippen molar-refractivity contribution in [2.24, 2.45) is 0 Å². The molecule has 21 heavy (non-hydrogen) atoms. The van der Waals surface area contributed by atoms with Gasteiger partial charge in [0.25, 0.3) is 0 Å². The number of aryl methyl sites for hydroxylation is 1. The number of pyridine rings is 1. The van der Waals surface area contributed by atoms with Crippen molar-refractivity contribution in [1.82, 2.24) is 0 Å². The Hall–Kier alpha value is -1.62. The minimum absolute atomic E-state index is 0. The summed E-state index contributed by atoms with van der Waals surface area (Å²) in [6.45, 7) is 3.59. The second kappa shape index (κ2) is 7.41. The number of hydrogen-bond acceptors (Lipinski definition) is 1. The van der Waals surface area contributed by atoms with Gasteiger partial charge in [0.15, 0.2) is 18.9 Å². The Labute approximate surface area is 142 Å². The number of benzene rings is 2. The lowest BCUT2D eigenvalue weighted by atomic mass is 10.2. The van der Waals surface area contributed by atoms with E-state index in [9.17, 15) is 0 Å². The fourth-order valence-corrected chi connectivity index (χ4v) is 2.29. The number of aromatic nitrogens is 1. The molecule has 0 radical (unpaired) electrons. The maximum absolute atomic E-state index is 5.78. The normalized spacial score (nSPS) is 10.1. The monoisotopic (exact) mass is 391 g/mol. The summed E-state index contributed by atoms with van der Waals surface area (Å²) < 4.78 is 7.95. The van der Waals surface area contributed by atoms with Gasteiger partial charge in [0, 0.05) is 11.5 Å². The Bertz CT molecular complexity index is 727. The fraction of sp³-hybridized carbons (Fsp3) is 0.167. The first-order chi connectivity index (χ1) is 9.81. The number of rotatable bonds is 4. The number of nitrogens with zero attached hydrogens (tertiary/aromatic N) is 1. The van der Waals surface area contributed by atoms with Crippen LogP contribution in [0.4, 0.5) is 0 Å². The van der Waals surface area contributed by atoms with Crippen LogP contribution in [0.3, 0.4) is 0 Å². The molecule has 2 nitrogen and oxygen atoms in total. The first-order valence-corrected chi connectivity index (χ1v) is 6.88. The van der Waals surface area contributed by atoms with E-state index in [4.69, 9.17) is 4.74 Å². The predicted octanol–water partition coefficient (Wildman–Crippen LogP) is 0.519. The molecule has 0 atom stereocenters. The largest absolute Gasteiger partial charge is 1.00 e. The van der Waals surface area contributed by atoms with E-state index in [0.717, 1.165) is 12.3 Å². The van der Waals surface area contributed by atoms with Gasteiger partial charge in [-0.2, -0.15) is 0 Å². The van der Waals surface area contributed by atoms with Crippen molar-refractivity contribution in [3.8, 4) is 5.75 Å². The van der Waals surface area contributed by atoms with E-state index in [-0.39, 0.29) is 24.0 Å². The molecule has 0 unspecified atom stereocenters. The highest BCUT2D eigenvalue weighted by atomic mass is 127. The van der Waals surface area contributed by atoms with Gasteiger partial charge in [0.2, 0.25) is 0 Å². The molecule has 1 aromatic heterocycles. The third kappa shape index (κ3) is 4.17. The van der Waals surface area contributed by atoms with Crippen LogP contribution in [-0.2, 0) is 6.54 Å². The number of ether oxygens (including phenoxy) is 1. The van der Waals surface area contributed by atoms with Gasteiger partial charge in [-0.15, -0.1) is 0 Å². The molecular formula is C18H18INO. The summed E-state index contributed by atoms with van der Waals surface area (Å²) in [7, 11) is 0. The molecule has 0 aliphatic rings. The highest BCUT2D eigenvalue weighted by Crippen LogP contribution is 2.12. The smallest absolute Gasteiger partial charge is 0.182 e. The molecule has 0 amide bonds. The molecule has 0 aliphatic carbocycles. The number of fused-ring (bicyclic) bond motifs is 1. The molecule has 3 rings (SSSR count). The summed E-state index contributed by atoms with van der Waals surface area (Å²) >= 11 is 0. The zero-order valence-corrected chi connectivity index (χ0v) is 14.2. The van der Waals surface area contributed by atoms with Crippen molar-refractivity contribution >= 4 is 10.8 Å². The van der Waals surface area contributed by atoms with E-state index < -0.39 is 0 Å². The van der Waals surface area contributed by atoms with Crippen molar-refractivity contribution in [3.05, 3.63) is 72.6 Å². The lowest BCUT2D eigenvalue weighted by Crippen LogP contribution is -3.00. The van der Waals surface area contributed by atoms with Crippen molar-refractivity contribution in [2.75, 3.05) is 6.61 Å². The predicted molar refractivity (Wildman–Crippen MR) is 80.8 cm³/mol. The van der Waals surface area contributed by atoms with Gasteiger partial charge in [-0.05, 0) is 36.1 Å². The van der Waals surface area contributed by atoms with Crippen LogP contribution in [0, 0.1) is 6.92 Å². The first-order valence-electron chi connectivity index (χ1n) is 6.88. The van der Waals surface area contributed by atoms with Crippen LogP contribution in [0.5, 0.6) is 5.75 Å². The maximum Gasteiger partial charge on any atom is 0.182 e. The average molecular weight is 391 g/mol. The average Bonchev–Trinajstić information content (AvgIpc) is 2.47. The molecule has 3 aromatic rings. The summed E-state index contributed by atoms with van der Waals surface area (Å²) in [6, 6.07) is 18.7. The quantitative estimate of drug-likeness (QED) is 0.467. The van der Waals surface area contributed by atoms with Gasteiger partial charge in [0.1, 0.15) is 12.4 Å². The molecular weight excluding hydrogens is 373 g/mol. The minimum Gasteiger partial charge on any atom is -1.00 e. The number of hydrogen-bond donors (Lipinski definition) is 0. The van der Waals surface area contributed by atoms with Gasteiger partial charge in [-0.25, -0.2) is 4.57 Å². The second-order valence-corrected chi connectivity index (χ2v) is 4.98. The van der Waals surface area contributed by atoms with E-state index >= 15 is 0 Å². The van der Waals surface area contributed by atoms with Crippen molar-refractivity contribution < 1.29 is 33.3 Å². The van der Waals surface area contributed by atoms with Gasteiger partial charge >= 0.3 is 0 Å². The minimum atomic E-state index is 0. The fourth-order valence-electron chi connectivity index (χ4n) is 2.29. The van der Waals surface area contributed by atoms with Gasteiger partial charge in [-0.3, -0.25) is 0 Å². The number of halogens is 1. The Balaban J connectivity index is 0.00000161. The Morgan fingerprint density at radius 2 is 1.76 bits per heavy atom. The van der Waals surface area contributed by atoms with Gasteiger partial charge < -0.3 is 28.7 Å². The summed E-state index contributed by atoms with van der Waals surface area (Å²) in [6.07, 6.45) is 4.26. The molecule has 0 N–H and O–H groups in total. The summed E-state index contributed by atoms with van der Waals surface area (Å²) in [5.74, 6) is 0.936. The highest BCUT2D eigenvalue weighted by Gasteiger charge is 2.03. The van der Waals surface area contributed by atoms with Gasteiger partial charge in [0.05, 0.1) is 0 Å². The molecule has 0 aliphatic heterocycles. The van der Waals surface area contributed by atoms with Crippen LogP contribution in [-0.4, -0.2) is 6.61 Å². The zero-order chi connectivity index (χ0) is 13.8. The molecule has 2 aromatic carbocycles. The third-order valence-corrected chi connectivity index (χ3v) is 3.35. The molecule has 0 saturated carbocycles. The van der Waals surface area contributed by atoms with Crippen LogP contribution >= 0.6 is 0 Å². The molecule has 0 bridgehead atoms. The van der Waals surface area contributed by atoms with Crippen LogP contribution in [0.1, 0.15) is 5.56 Å². The summed E-state index contributed by atoms with van der Waals surface area (Å²) in [5, 5.41) is 2.52. The van der Waals surface area contributed by atoms with E-state index in [0.29, 0.717) is 6.61 Å². The summed E-state index contributed by atoms with van der Waals surface area (Å²) in [4.78, 5) is 0. The molecule has 108 valence electrons. The van der Waals surface area contributed by atoms with Crippen LogP contribution in [0.25, 0.3) is 10.8 Å². The van der Waals surface area contributed by atoms with Crippen LogP contribution in [0.15, 0.2) is 67.0 Å². The molecule has 0 spiro atoms. The van der Waals surface area contributed by atoms with E-state index in [1.165, 1.54) is 16.3 Å². The lowest BCUT2D eigenvalue weighted by Gasteiger charge is -2.05. The molecule has 0 fully saturated rings. The maximum atomic E-state index is 5.78. The Kier molecular flexibility index (Phi) is 5.56. The van der Waals surface area contributed by atoms with Crippen LogP contribution < -0.4 is 33.3 Å². The lowest BCUT2D eigenvalue weighted by molar-refractivity contribution is -0.696. The summed E-state index contributed by atoms with van der Waals surface area (Å²) in [5.41, 5.74) is 1.22. The van der Waals surface area contributed by atoms with E-state index in [1.807, 2.05) is 12.1 Å². The molecule has 1 heterocycles. The van der Waals surface area contributed by atoms with Crippen molar-refractivity contribution in [3.63, 3.8) is 0 Å². The standard InChI is InChI=1S/C18H18NO.HI/c1-15-5-4-8-18(13-15)20-12-11-19-10-9-16-6-2-3-7-17(16)14-19;/h2-10,13-14H,11-12H2,1H3;1H/q+1;/p-1. The van der Waals surface area contributed by atoms with Crippen LogP contribution in [0.2, 0.25) is 0 Å². The molecule has 0 saturated heterocycles. The van der Waals surface area contributed by atoms with E-state index in [2.05, 4.69) is 66.3 Å².